The van der Waals surface area contributed by atoms with Gasteiger partial charge in [-0.3, -0.25) is 0 Å². The first-order valence-corrected chi connectivity index (χ1v) is 5.04. The Bertz CT molecular complexity index is 615. The second kappa shape index (κ2) is 2.69. The predicted molar refractivity (Wildman–Crippen MR) is 57.6 cm³/mol. The van der Waals surface area contributed by atoms with Gasteiger partial charge in [0.1, 0.15) is 0 Å². The van der Waals surface area contributed by atoms with E-state index in [4.69, 9.17) is 0 Å². The molecule has 2 aromatic heterocycles. The molecular formula is C11H6NOS. The molecule has 0 fully saturated rings. The summed E-state index contributed by atoms with van der Waals surface area (Å²) in [7, 11) is 0. The molecule has 3 heteroatoms. The number of pyridine rings is 1. The molecule has 1 radical (unpaired) electrons. The Kier molecular flexibility index (Phi) is 1.49. The first-order chi connectivity index (χ1) is 6.86. The summed E-state index contributed by atoms with van der Waals surface area (Å²) in [5.41, 5.74) is 0. The lowest BCUT2D eigenvalue weighted by Gasteiger charge is -1.92. The van der Waals surface area contributed by atoms with Crippen LogP contribution < -0.4 is 0 Å². The summed E-state index contributed by atoms with van der Waals surface area (Å²) < 4.78 is 2.22. The van der Waals surface area contributed by atoms with E-state index in [1.165, 1.54) is 0 Å². The summed E-state index contributed by atoms with van der Waals surface area (Å²) in [6.45, 7) is 0. The van der Waals surface area contributed by atoms with Crippen molar-refractivity contribution in [3.63, 3.8) is 0 Å². The SMILES string of the molecule is Oc1nccc2sc3cc[c]cc3c12. The van der Waals surface area contributed by atoms with E-state index in [2.05, 4.69) is 11.1 Å². The number of aromatic hydroxyl groups is 1. The van der Waals surface area contributed by atoms with Crippen molar-refractivity contribution in [1.82, 2.24) is 4.98 Å². The van der Waals surface area contributed by atoms with Crippen molar-refractivity contribution >= 4 is 31.5 Å². The van der Waals surface area contributed by atoms with Gasteiger partial charge in [0.05, 0.1) is 5.39 Å². The smallest absolute Gasteiger partial charge is 0.220 e. The maximum Gasteiger partial charge on any atom is 0.220 e. The third-order valence-electron chi connectivity index (χ3n) is 2.21. The minimum absolute atomic E-state index is 0.105. The van der Waals surface area contributed by atoms with Crippen molar-refractivity contribution in [3.8, 4) is 5.88 Å². The van der Waals surface area contributed by atoms with Gasteiger partial charge in [0.25, 0.3) is 0 Å². The highest BCUT2D eigenvalue weighted by Gasteiger charge is 2.08. The molecule has 0 atom stereocenters. The van der Waals surface area contributed by atoms with Gasteiger partial charge in [-0.1, -0.05) is 6.07 Å². The topological polar surface area (TPSA) is 33.1 Å². The fraction of sp³-hybridized carbons (Fsp3) is 0. The molecule has 0 unspecified atom stereocenters. The zero-order valence-electron chi connectivity index (χ0n) is 7.19. The molecule has 1 aromatic carbocycles. The van der Waals surface area contributed by atoms with E-state index in [1.807, 2.05) is 24.3 Å². The second-order valence-corrected chi connectivity index (χ2v) is 4.12. The molecule has 14 heavy (non-hydrogen) atoms. The number of nitrogens with zero attached hydrogens (tertiary/aromatic N) is 1. The zero-order chi connectivity index (χ0) is 9.54. The highest BCUT2D eigenvalue weighted by Crippen LogP contribution is 2.36. The van der Waals surface area contributed by atoms with Crippen molar-refractivity contribution < 1.29 is 5.11 Å². The van der Waals surface area contributed by atoms with Gasteiger partial charge in [-0.15, -0.1) is 11.3 Å². The number of benzene rings is 1. The summed E-state index contributed by atoms with van der Waals surface area (Å²) >= 11 is 1.66. The third kappa shape index (κ3) is 0.930. The molecule has 2 heterocycles. The Morgan fingerprint density at radius 2 is 2.21 bits per heavy atom. The highest BCUT2D eigenvalue weighted by molar-refractivity contribution is 7.25. The first-order valence-electron chi connectivity index (χ1n) is 4.22. The quantitative estimate of drug-likeness (QED) is 0.605. The number of rotatable bonds is 0. The van der Waals surface area contributed by atoms with Crippen LogP contribution in [-0.4, -0.2) is 10.1 Å². The Hall–Kier alpha value is -1.61. The van der Waals surface area contributed by atoms with Gasteiger partial charge in [-0.25, -0.2) is 4.98 Å². The summed E-state index contributed by atoms with van der Waals surface area (Å²) in [6, 6.07) is 10.7. The number of hydrogen-bond acceptors (Lipinski definition) is 3. The van der Waals surface area contributed by atoms with Crippen molar-refractivity contribution in [1.29, 1.82) is 0 Å². The number of fused-ring (bicyclic) bond motifs is 3. The predicted octanol–water partition coefficient (Wildman–Crippen LogP) is 2.96. The van der Waals surface area contributed by atoms with E-state index in [1.54, 1.807) is 17.5 Å². The summed E-state index contributed by atoms with van der Waals surface area (Å²) in [4.78, 5) is 3.88. The third-order valence-corrected chi connectivity index (χ3v) is 3.34. The van der Waals surface area contributed by atoms with Crippen LogP contribution in [0.2, 0.25) is 0 Å². The monoisotopic (exact) mass is 200 g/mol. The van der Waals surface area contributed by atoms with Gasteiger partial charge in [0.15, 0.2) is 0 Å². The first kappa shape index (κ1) is 7.76. The Morgan fingerprint density at radius 1 is 1.29 bits per heavy atom. The molecular weight excluding hydrogens is 194 g/mol. The lowest BCUT2D eigenvalue weighted by molar-refractivity contribution is 0.461. The number of hydrogen-bond donors (Lipinski definition) is 1. The van der Waals surface area contributed by atoms with Crippen LogP contribution >= 0.6 is 11.3 Å². The lowest BCUT2D eigenvalue weighted by Crippen LogP contribution is -1.72. The van der Waals surface area contributed by atoms with E-state index < -0.39 is 0 Å². The van der Waals surface area contributed by atoms with Crippen molar-refractivity contribution in [3.05, 3.63) is 36.5 Å². The number of thiophene rings is 1. The summed E-state index contributed by atoms with van der Waals surface area (Å²) in [5.74, 6) is 0.105. The molecule has 0 saturated heterocycles. The molecule has 0 aliphatic rings. The van der Waals surface area contributed by atoms with Crippen LogP contribution in [0.1, 0.15) is 0 Å². The fourth-order valence-corrected chi connectivity index (χ4v) is 2.67. The van der Waals surface area contributed by atoms with E-state index in [0.29, 0.717) is 0 Å². The van der Waals surface area contributed by atoms with Crippen LogP contribution in [0, 0.1) is 6.07 Å². The average molecular weight is 200 g/mol. The Labute approximate surface area is 84.4 Å². The van der Waals surface area contributed by atoms with E-state index >= 15 is 0 Å². The van der Waals surface area contributed by atoms with Gasteiger partial charge in [0.2, 0.25) is 5.88 Å². The van der Waals surface area contributed by atoms with Gasteiger partial charge in [-0.2, -0.15) is 0 Å². The maximum atomic E-state index is 9.64. The molecule has 3 aromatic rings. The average Bonchev–Trinajstić information content (AvgIpc) is 2.57. The molecule has 3 rings (SSSR count). The maximum absolute atomic E-state index is 9.64. The van der Waals surface area contributed by atoms with Crippen LogP contribution in [0.15, 0.2) is 30.5 Å². The molecule has 0 saturated carbocycles. The Balaban J connectivity index is 2.65. The van der Waals surface area contributed by atoms with Crippen LogP contribution in [0.3, 0.4) is 0 Å². The van der Waals surface area contributed by atoms with Gasteiger partial charge in [0, 0.05) is 21.0 Å². The van der Waals surface area contributed by atoms with Crippen LogP contribution in [0.25, 0.3) is 20.2 Å². The van der Waals surface area contributed by atoms with Gasteiger partial charge >= 0.3 is 0 Å². The van der Waals surface area contributed by atoms with Gasteiger partial charge < -0.3 is 5.11 Å². The minimum atomic E-state index is 0.105. The molecule has 1 N–H and O–H groups in total. The lowest BCUT2D eigenvalue weighted by atomic mass is 10.2. The fourth-order valence-electron chi connectivity index (χ4n) is 1.59. The van der Waals surface area contributed by atoms with Crippen molar-refractivity contribution in [2.75, 3.05) is 0 Å². The molecule has 67 valence electrons. The van der Waals surface area contributed by atoms with Crippen LogP contribution in [0.5, 0.6) is 5.88 Å². The second-order valence-electron chi connectivity index (χ2n) is 3.03. The largest absolute Gasteiger partial charge is 0.493 e. The molecule has 0 bridgehead atoms. The molecule has 2 nitrogen and oxygen atoms in total. The van der Waals surface area contributed by atoms with Crippen LogP contribution in [-0.2, 0) is 0 Å². The van der Waals surface area contributed by atoms with Crippen molar-refractivity contribution in [2.45, 2.75) is 0 Å². The Morgan fingerprint density at radius 3 is 3.14 bits per heavy atom. The normalized spacial score (nSPS) is 11.1. The van der Waals surface area contributed by atoms with E-state index in [0.717, 1.165) is 20.2 Å². The van der Waals surface area contributed by atoms with E-state index in [-0.39, 0.29) is 5.88 Å². The standard InChI is InChI=1S/C11H6NOS/c13-11-10-7-3-1-2-4-8(7)14-9(10)5-6-12-11/h2-6H,(H,12,13). The molecule has 0 aliphatic heterocycles. The molecule has 0 spiro atoms. The van der Waals surface area contributed by atoms with E-state index in [9.17, 15) is 5.11 Å². The van der Waals surface area contributed by atoms with Crippen LogP contribution in [0.4, 0.5) is 0 Å². The molecule has 0 amide bonds. The van der Waals surface area contributed by atoms with Crippen molar-refractivity contribution in [2.24, 2.45) is 0 Å². The summed E-state index contributed by atoms with van der Waals surface area (Å²) in [5, 5.41) is 11.5. The number of aromatic nitrogens is 1. The zero-order valence-corrected chi connectivity index (χ0v) is 8.01. The molecule has 0 aliphatic carbocycles. The summed E-state index contributed by atoms with van der Waals surface area (Å²) in [6.07, 6.45) is 1.62. The highest BCUT2D eigenvalue weighted by atomic mass is 32.1. The minimum Gasteiger partial charge on any atom is -0.493 e. The van der Waals surface area contributed by atoms with Gasteiger partial charge in [-0.05, 0) is 24.3 Å².